The van der Waals surface area contributed by atoms with Crippen molar-refractivity contribution in [3.8, 4) is 0 Å². The average molecular weight is 484 g/mol. The summed E-state index contributed by atoms with van der Waals surface area (Å²) in [6.45, 7) is 3.57. The molecule has 1 aliphatic heterocycles. The number of hydrogen-bond donors (Lipinski definition) is 1. The number of carbonyl (C=O) groups is 3. The molecule has 2 saturated carbocycles. The average Bonchev–Trinajstić information content (AvgIpc) is 3.19. The van der Waals surface area contributed by atoms with Crippen molar-refractivity contribution >= 4 is 55.3 Å². The molecule has 0 spiro atoms. The van der Waals surface area contributed by atoms with Crippen molar-refractivity contribution in [2.75, 3.05) is 5.32 Å². The summed E-state index contributed by atoms with van der Waals surface area (Å²) in [6.07, 6.45) is 0.885. The number of nitrogens with one attached hydrogen (secondary N) is 1. The topological polar surface area (TPSA) is 66.5 Å². The van der Waals surface area contributed by atoms with Crippen LogP contribution in [0.3, 0.4) is 0 Å². The highest BCUT2D eigenvalue weighted by molar-refractivity contribution is 9.12. The number of rotatable bonds is 3. The van der Waals surface area contributed by atoms with Crippen molar-refractivity contribution in [2.45, 2.75) is 36.0 Å². The van der Waals surface area contributed by atoms with Crippen LogP contribution >= 0.6 is 31.9 Å². The number of imide groups is 1. The molecule has 4 rings (SSSR count). The van der Waals surface area contributed by atoms with Crippen LogP contribution in [0.15, 0.2) is 24.3 Å². The van der Waals surface area contributed by atoms with E-state index in [9.17, 15) is 14.4 Å². The third kappa shape index (κ3) is 2.58. The molecule has 1 saturated heterocycles. The molecule has 7 atom stereocenters. The molecule has 7 heteroatoms. The van der Waals surface area contributed by atoms with Gasteiger partial charge < -0.3 is 5.32 Å². The standard InChI is InChI=1S/C19H20Br2N2O3/c1-8-4-3-5-10(6-8)22-17(24)9(2)23-18(25)13-11-7-12(14(13)19(23)26)16(21)15(11)20/h3-6,9,11-16H,7H2,1-2H3,(H,22,24)/t9-,11+,12+,13-,14+,15-,16+/m0/s1. The molecule has 0 aromatic heterocycles. The number of likely N-dealkylation sites (tertiary alicyclic amines) is 1. The molecule has 0 unspecified atom stereocenters. The van der Waals surface area contributed by atoms with Crippen LogP contribution in [0.25, 0.3) is 0 Å². The Morgan fingerprint density at radius 3 is 2.27 bits per heavy atom. The van der Waals surface area contributed by atoms with E-state index in [4.69, 9.17) is 0 Å². The lowest BCUT2D eigenvalue weighted by atomic mass is 9.81. The Morgan fingerprint density at radius 2 is 1.73 bits per heavy atom. The van der Waals surface area contributed by atoms with Crippen molar-refractivity contribution in [3.05, 3.63) is 29.8 Å². The van der Waals surface area contributed by atoms with E-state index in [-0.39, 0.29) is 51.0 Å². The van der Waals surface area contributed by atoms with Gasteiger partial charge in [-0.1, -0.05) is 44.0 Å². The van der Waals surface area contributed by atoms with E-state index in [1.165, 1.54) is 4.90 Å². The highest BCUT2D eigenvalue weighted by Crippen LogP contribution is 2.60. The molecule has 1 N–H and O–H groups in total. The van der Waals surface area contributed by atoms with Crippen molar-refractivity contribution in [1.82, 2.24) is 4.90 Å². The van der Waals surface area contributed by atoms with Crippen molar-refractivity contribution in [2.24, 2.45) is 23.7 Å². The van der Waals surface area contributed by atoms with Gasteiger partial charge in [-0.05, 0) is 49.8 Å². The lowest BCUT2D eigenvalue weighted by molar-refractivity contribution is -0.146. The number of aryl methyl sites for hydroxylation is 1. The molecule has 3 fully saturated rings. The first-order chi connectivity index (χ1) is 12.3. The fourth-order valence-corrected chi connectivity index (χ4v) is 6.71. The molecule has 2 aliphatic carbocycles. The molecule has 138 valence electrons. The second kappa shape index (κ2) is 6.44. The number of anilines is 1. The number of halogens is 2. The van der Waals surface area contributed by atoms with Crippen LogP contribution in [0.5, 0.6) is 0 Å². The number of hydrogen-bond acceptors (Lipinski definition) is 3. The van der Waals surface area contributed by atoms with Crippen LogP contribution in [0.2, 0.25) is 0 Å². The number of benzene rings is 1. The zero-order valence-electron chi connectivity index (χ0n) is 14.5. The third-order valence-electron chi connectivity index (χ3n) is 6.07. The predicted octanol–water partition coefficient (Wildman–Crippen LogP) is 3.10. The quantitative estimate of drug-likeness (QED) is 0.530. The molecule has 0 radical (unpaired) electrons. The maximum atomic E-state index is 13.0. The smallest absolute Gasteiger partial charge is 0.247 e. The summed E-state index contributed by atoms with van der Waals surface area (Å²) in [5, 5.41) is 2.82. The minimum Gasteiger partial charge on any atom is -0.324 e. The summed E-state index contributed by atoms with van der Waals surface area (Å²) >= 11 is 7.35. The Hall–Kier alpha value is -1.21. The van der Waals surface area contributed by atoms with Gasteiger partial charge in [0, 0.05) is 15.3 Å². The van der Waals surface area contributed by atoms with Gasteiger partial charge in [-0.3, -0.25) is 19.3 Å². The highest BCUT2D eigenvalue weighted by Gasteiger charge is 2.67. The Bertz CT molecular complexity index is 767. The molecule has 1 aromatic carbocycles. The van der Waals surface area contributed by atoms with E-state index in [2.05, 4.69) is 37.2 Å². The van der Waals surface area contributed by atoms with Crippen LogP contribution in [0.1, 0.15) is 18.9 Å². The van der Waals surface area contributed by atoms with Gasteiger partial charge in [-0.15, -0.1) is 0 Å². The minimum absolute atomic E-state index is 0.155. The molecule has 5 nitrogen and oxygen atoms in total. The van der Waals surface area contributed by atoms with Gasteiger partial charge in [0.1, 0.15) is 6.04 Å². The van der Waals surface area contributed by atoms with Crippen LogP contribution in [-0.4, -0.2) is 38.3 Å². The van der Waals surface area contributed by atoms with Crippen LogP contribution < -0.4 is 5.32 Å². The summed E-state index contributed by atoms with van der Waals surface area (Å²) in [5.41, 5.74) is 1.70. The summed E-state index contributed by atoms with van der Waals surface area (Å²) in [6, 6.07) is 6.64. The fourth-order valence-electron chi connectivity index (χ4n) is 4.84. The number of nitrogens with zero attached hydrogens (tertiary/aromatic N) is 1. The minimum atomic E-state index is -0.817. The summed E-state index contributed by atoms with van der Waals surface area (Å²) in [4.78, 5) is 40.2. The van der Waals surface area contributed by atoms with E-state index < -0.39 is 6.04 Å². The van der Waals surface area contributed by atoms with Gasteiger partial charge in [0.15, 0.2) is 0 Å². The number of amides is 3. The molecule has 2 bridgehead atoms. The predicted molar refractivity (Wildman–Crippen MR) is 105 cm³/mol. The molecular weight excluding hydrogens is 464 g/mol. The van der Waals surface area contributed by atoms with Crippen molar-refractivity contribution in [1.29, 1.82) is 0 Å². The van der Waals surface area contributed by atoms with Crippen molar-refractivity contribution < 1.29 is 14.4 Å². The van der Waals surface area contributed by atoms with Crippen LogP contribution in [-0.2, 0) is 14.4 Å². The Kier molecular flexibility index (Phi) is 4.50. The first-order valence-electron chi connectivity index (χ1n) is 8.84. The molecule has 1 heterocycles. The maximum Gasteiger partial charge on any atom is 0.247 e. The lowest BCUT2D eigenvalue weighted by Gasteiger charge is -2.28. The number of carbonyl (C=O) groups excluding carboxylic acids is 3. The van der Waals surface area contributed by atoms with Crippen molar-refractivity contribution in [3.63, 3.8) is 0 Å². The Labute approximate surface area is 169 Å². The molecule has 1 aromatic rings. The Balaban J connectivity index is 1.54. The zero-order valence-corrected chi connectivity index (χ0v) is 17.7. The summed E-state index contributed by atoms with van der Waals surface area (Å²) < 4.78 is 0. The van der Waals surface area contributed by atoms with Crippen LogP contribution in [0.4, 0.5) is 5.69 Å². The van der Waals surface area contributed by atoms with E-state index in [0.717, 1.165) is 12.0 Å². The van der Waals surface area contributed by atoms with Gasteiger partial charge in [-0.25, -0.2) is 0 Å². The van der Waals surface area contributed by atoms with Gasteiger partial charge in [0.05, 0.1) is 11.8 Å². The van der Waals surface area contributed by atoms with Gasteiger partial charge in [-0.2, -0.15) is 0 Å². The van der Waals surface area contributed by atoms with Crippen LogP contribution in [0, 0.1) is 30.6 Å². The largest absolute Gasteiger partial charge is 0.324 e. The van der Waals surface area contributed by atoms with E-state index >= 15 is 0 Å². The zero-order chi connectivity index (χ0) is 18.7. The first-order valence-corrected chi connectivity index (χ1v) is 10.7. The molecular formula is C19H20Br2N2O3. The molecule has 3 amide bonds. The summed E-state index contributed by atoms with van der Waals surface area (Å²) in [5.74, 6) is -0.993. The molecule has 3 aliphatic rings. The van der Waals surface area contributed by atoms with E-state index in [1.54, 1.807) is 13.0 Å². The fraction of sp³-hybridized carbons (Fsp3) is 0.526. The third-order valence-corrected chi connectivity index (χ3v) is 9.28. The Morgan fingerprint density at radius 1 is 1.15 bits per heavy atom. The number of alkyl halides is 2. The first kappa shape index (κ1) is 18.2. The van der Waals surface area contributed by atoms with E-state index in [0.29, 0.717) is 5.69 Å². The normalized spacial score (nSPS) is 36.4. The second-order valence-corrected chi connectivity index (χ2v) is 9.70. The summed E-state index contributed by atoms with van der Waals surface area (Å²) in [7, 11) is 0. The maximum absolute atomic E-state index is 13.0. The number of fused-ring (bicyclic) bond motifs is 5. The van der Waals surface area contributed by atoms with Gasteiger partial charge in [0.2, 0.25) is 17.7 Å². The molecule has 26 heavy (non-hydrogen) atoms. The SMILES string of the molecule is Cc1cccc(NC(=O)[C@H](C)N2C(=O)[C@@H]3[C@H]4C[C@@H]([C@H](Br)[C@@H]4Br)[C@@H]3C2=O)c1. The van der Waals surface area contributed by atoms with E-state index in [1.807, 2.05) is 25.1 Å². The van der Waals surface area contributed by atoms with Gasteiger partial charge >= 0.3 is 0 Å². The second-order valence-electron chi connectivity index (χ2n) is 7.59. The lowest BCUT2D eigenvalue weighted by Crippen LogP contribution is -2.46. The van der Waals surface area contributed by atoms with Gasteiger partial charge in [0.25, 0.3) is 0 Å². The highest BCUT2D eigenvalue weighted by atomic mass is 79.9. The monoisotopic (exact) mass is 482 g/mol.